The Hall–Kier alpha value is -4.14. The molecule has 1 saturated heterocycles. The lowest BCUT2D eigenvalue weighted by atomic mass is 9.92. The molecular weight excluding hydrogens is 540 g/mol. The Balaban J connectivity index is 1.25. The number of aromatic nitrogens is 2. The van der Waals surface area contributed by atoms with E-state index in [1.807, 2.05) is 0 Å². The van der Waals surface area contributed by atoms with Crippen LogP contribution in [0.25, 0.3) is 10.2 Å². The third-order valence-electron chi connectivity index (χ3n) is 6.02. The first kappa shape index (κ1) is 26.5. The maximum absolute atomic E-state index is 14.7. The first-order valence-electron chi connectivity index (χ1n) is 11.5. The SMILES string of the molecule is NC(=O)c1cccnc1Oc1ccc(CC(=O)Nc2nc3cc(C4CNNC4C(F)(F)F)ccc3s2)cc1F. The predicted molar refractivity (Wildman–Crippen MR) is 135 cm³/mol. The van der Waals surface area contributed by atoms with E-state index < -0.39 is 35.8 Å². The number of nitrogens with zero attached hydrogens (tertiary/aromatic N) is 2. The van der Waals surface area contributed by atoms with Crippen molar-refractivity contribution >= 4 is 38.5 Å². The molecule has 1 aliphatic heterocycles. The normalized spacial score (nSPS) is 17.3. The number of carbonyl (C=O) groups excluding carboxylic acids is 2. The van der Waals surface area contributed by atoms with E-state index in [4.69, 9.17) is 10.5 Å². The average molecular weight is 561 g/mol. The highest BCUT2D eigenvalue weighted by Crippen LogP contribution is 2.36. The number of hydrogen-bond acceptors (Lipinski definition) is 8. The van der Waals surface area contributed by atoms with Gasteiger partial charge in [-0.15, -0.1) is 0 Å². The highest BCUT2D eigenvalue weighted by molar-refractivity contribution is 7.22. The molecule has 0 bridgehead atoms. The van der Waals surface area contributed by atoms with Crippen molar-refractivity contribution in [2.45, 2.75) is 24.6 Å². The molecule has 0 saturated carbocycles. The molecule has 14 heteroatoms. The van der Waals surface area contributed by atoms with Crippen molar-refractivity contribution in [2.75, 3.05) is 11.9 Å². The van der Waals surface area contributed by atoms with Crippen LogP contribution in [-0.2, 0) is 11.2 Å². The summed E-state index contributed by atoms with van der Waals surface area (Å²) in [5.41, 5.74) is 11.4. The maximum atomic E-state index is 14.7. The van der Waals surface area contributed by atoms with Crippen LogP contribution in [0.15, 0.2) is 54.7 Å². The molecule has 2 amide bonds. The number of fused-ring (bicyclic) bond motifs is 1. The number of halogens is 4. The van der Waals surface area contributed by atoms with Gasteiger partial charge < -0.3 is 15.8 Å². The number of anilines is 1. The molecule has 2 aromatic heterocycles. The van der Waals surface area contributed by atoms with Crippen LogP contribution < -0.4 is 26.6 Å². The van der Waals surface area contributed by atoms with Gasteiger partial charge >= 0.3 is 6.18 Å². The van der Waals surface area contributed by atoms with E-state index in [1.54, 1.807) is 18.2 Å². The Labute approximate surface area is 222 Å². The second-order valence-electron chi connectivity index (χ2n) is 8.71. The van der Waals surface area contributed by atoms with Gasteiger partial charge in [0.2, 0.25) is 11.8 Å². The van der Waals surface area contributed by atoms with Gasteiger partial charge in [0.15, 0.2) is 16.7 Å². The standard InChI is InChI=1S/C25H20F4N6O3S/c26-16-8-12(3-5-18(16)38-23-14(22(30)37)2-1-7-31-23)9-20(36)34-24-33-17-10-13(4-6-19(17)39-24)15-11-32-35-21(15)25(27,28)29/h1-8,10,15,21,32,35H,9,11H2,(H2,30,37)(H,33,34,36). The van der Waals surface area contributed by atoms with Gasteiger partial charge in [0, 0.05) is 18.7 Å². The summed E-state index contributed by atoms with van der Waals surface area (Å²) in [6.45, 7) is 0.109. The molecule has 2 atom stereocenters. The summed E-state index contributed by atoms with van der Waals surface area (Å²) in [5, 5.41) is 2.91. The fourth-order valence-corrected chi connectivity index (χ4v) is 5.06. The van der Waals surface area contributed by atoms with Crippen LogP contribution in [0.3, 0.4) is 0 Å². The predicted octanol–water partition coefficient (Wildman–Crippen LogP) is 4.03. The fourth-order valence-electron chi connectivity index (χ4n) is 4.20. The molecule has 202 valence electrons. The number of amides is 2. The van der Waals surface area contributed by atoms with Gasteiger partial charge in [-0.3, -0.25) is 15.0 Å². The van der Waals surface area contributed by atoms with E-state index in [0.29, 0.717) is 21.3 Å². The van der Waals surface area contributed by atoms with E-state index in [1.165, 1.54) is 41.8 Å². The van der Waals surface area contributed by atoms with Crippen molar-refractivity contribution in [3.05, 3.63) is 77.2 Å². The summed E-state index contributed by atoms with van der Waals surface area (Å²) in [7, 11) is 0. The number of rotatable bonds is 7. The number of thiazole rings is 1. The van der Waals surface area contributed by atoms with Crippen molar-refractivity contribution in [1.29, 1.82) is 0 Å². The van der Waals surface area contributed by atoms with Gasteiger partial charge in [0.05, 0.1) is 16.6 Å². The third-order valence-corrected chi connectivity index (χ3v) is 6.98. The summed E-state index contributed by atoms with van der Waals surface area (Å²) in [6.07, 6.45) is -3.23. The summed E-state index contributed by atoms with van der Waals surface area (Å²) in [6, 6.07) is 9.94. The van der Waals surface area contributed by atoms with Crippen LogP contribution in [0.5, 0.6) is 11.6 Å². The monoisotopic (exact) mass is 560 g/mol. The Morgan fingerprint density at radius 1 is 1.18 bits per heavy atom. The number of benzene rings is 2. The summed E-state index contributed by atoms with van der Waals surface area (Å²) in [5.74, 6) is -3.20. The number of ether oxygens (including phenoxy) is 1. The smallest absolute Gasteiger partial charge is 0.405 e. The van der Waals surface area contributed by atoms with E-state index >= 15 is 0 Å². The maximum Gasteiger partial charge on any atom is 0.405 e. The van der Waals surface area contributed by atoms with Gasteiger partial charge in [-0.2, -0.15) is 13.2 Å². The molecular formula is C25H20F4N6O3S. The molecule has 5 N–H and O–H groups in total. The summed E-state index contributed by atoms with van der Waals surface area (Å²) >= 11 is 1.17. The largest absolute Gasteiger partial charge is 0.435 e. The van der Waals surface area contributed by atoms with Crippen LogP contribution in [0, 0.1) is 5.82 Å². The first-order valence-corrected chi connectivity index (χ1v) is 12.4. The van der Waals surface area contributed by atoms with E-state index in [9.17, 15) is 27.2 Å². The van der Waals surface area contributed by atoms with Gasteiger partial charge in [0.25, 0.3) is 5.91 Å². The quantitative estimate of drug-likeness (QED) is 0.251. The van der Waals surface area contributed by atoms with E-state index in [-0.39, 0.29) is 35.3 Å². The first-order chi connectivity index (χ1) is 18.6. The Bertz CT molecular complexity index is 1560. The molecule has 9 nitrogen and oxygen atoms in total. The van der Waals surface area contributed by atoms with Crippen molar-refractivity contribution in [3.8, 4) is 11.6 Å². The second kappa shape index (κ2) is 10.6. The van der Waals surface area contributed by atoms with Crippen molar-refractivity contribution in [1.82, 2.24) is 20.8 Å². The minimum absolute atomic E-state index is 0.0138. The van der Waals surface area contributed by atoms with Crippen molar-refractivity contribution in [2.24, 2.45) is 5.73 Å². The molecule has 4 aromatic rings. The number of carbonyl (C=O) groups is 2. The Morgan fingerprint density at radius 3 is 2.74 bits per heavy atom. The lowest BCUT2D eigenvalue weighted by Gasteiger charge is -2.21. The minimum atomic E-state index is -4.42. The molecule has 2 unspecified atom stereocenters. The zero-order chi connectivity index (χ0) is 27.7. The molecule has 0 spiro atoms. The molecule has 1 aliphatic rings. The second-order valence-corrected chi connectivity index (χ2v) is 9.74. The zero-order valence-electron chi connectivity index (χ0n) is 19.9. The van der Waals surface area contributed by atoms with Crippen LogP contribution >= 0.6 is 11.3 Å². The number of nitrogens with two attached hydrogens (primary N) is 1. The van der Waals surface area contributed by atoms with Crippen molar-refractivity contribution < 1.29 is 31.9 Å². The Morgan fingerprint density at radius 2 is 2.00 bits per heavy atom. The minimum Gasteiger partial charge on any atom is -0.435 e. The molecule has 2 aromatic carbocycles. The van der Waals surface area contributed by atoms with Gasteiger partial charge in [-0.1, -0.05) is 23.5 Å². The topological polar surface area (TPSA) is 131 Å². The van der Waals surface area contributed by atoms with Crippen LogP contribution in [0.1, 0.15) is 27.4 Å². The Kier molecular flexibility index (Phi) is 7.16. The van der Waals surface area contributed by atoms with Gasteiger partial charge in [-0.05, 0) is 47.5 Å². The number of hydrogen-bond donors (Lipinski definition) is 4. The van der Waals surface area contributed by atoms with Crippen LogP contribution in [0.2, 0.25) is 0 Å². The molecule has 0 aliphatic carbocycles. The number of primary amides is 1. The van der Waals surface area contributed by atoms with Crippen LogP contribution in [0.4, 0.5) is 22.7 Å². The highest BCUT2D eigenvalue weighted by atomic mass is 32.1. The molecule has 0 radical (unpaired) electrons. The van der Waals surface area contributed by atoms with E-state index in [2.05, 4.69) is 26.1 Å². The molecule has 5 rings (SSSR count). The number of pyridine rings is 1. The van der Waals surface area contributed by atoms with Gasteiger partial charge in [-0.25, -0.2) is 19.8 Å². The molecule has 3 heterocycles. The lowest BCUT2D eigenvalue weighted by Crippen LogP contribution is -2.43. The molecule has 39 heavy (non-hydrogen) atoms. The van der Waals surface area contributed by atoms with E-state index in [0.717, 1.165) is 6.07 Å². The third kappa shape index (κ3) is 5.82. The average Bonchev–Trinajstić information content (AvgIpc) is 3.52. The fraction of sp³-hybridized carbons (Fsp3) is 0.200. The summed E-state index contributed by atoms with van der Waals surface area (Å²) < 4.78 is 60.7. The van der Waals surface area contributed by atoms with Gasteiger partial charge in [0.1, 0.15) is 11.6 Å². The number of hydrazine groups is 1. The zero-order valence-corrected chi connectivity index (χ0v) is 20.7. The highest BCUT2D eigenvalue weighted by Gasteiger charge is 2.47. The molecule has 1 fully saturated rings. The number of nitrogens with one attached hydrogen (secondary N) is 3. The van der Waals surface area contributed by atoms with Crippen molar-refractivity contribution in [3.63, 3.8) is 0 Å². The lowest BCUT2D eigenvalue weighted by molar-refractivity contribution is -0.156. The summed E-state index contributed by atoms with van der Waals surface area (Å²) in [4.78, 5) is 32.4. The van der Waals surface area contributed by atoms with Crippen LogP contribution in [-0.4, -0.2) is 40.5 Å². The number of alkyl halides is 3.